The molecule has 0 aliphatic carbocycles. The number of halogens is 1. The first-order valence-corrected chi connectivity index (χ1v) is 11.0. The van der Waals surface area contributed by atoms with Crippen molar-refractivity contribution in [2.24, 2.45) is 5.92 Å². The standard InChI is InChI=1S/C27H25FN2O4/c1-17(2)16-34-20-7-5-6-19(14-20)25(31)23-24(21-8-3-4-9-22(21)28)30(27(33)26(23)32)15-18-10-12-29-13-11-18/h3-14,17,24,31H,15-16H2,1-2H3/b25-23-. The number of carbonyl (C=O) groups excluding carboxylic acids is 2. The van der Waals surface area contributed by atoms with E-state index in [2.05, 4.69) is 4.98 Å². The van der Waals surface area contributed by atoms with Crippen LogP contribution in [-0.2, 0) is 16.1 Å². The molecule has 1 unspecified atom stereocenters. The van der Waals surface area contributed by atoms with Crippen molar-refractivity contribution in [2.75, 3.05) is 6.61 Å². The molecular formula is C27H25FN2O4. The Morgan fingerprint density at radius 3 is 2.53 bits per heavy atom. The smallest absolute Gasteiger partial charge is 0.295 e. The van der Waals surface area contributed by atoms with Crippen molar-refractivity contribution in [1.82, 2.24) is 9.88 Å². The van der Waals surface area contributed by atoms with E-state index >= 15 is 0 Å². The lowest BCUT2D eigenvalue weighted by Crippen LogP contribution is -2.29. The van der Waals surface area contributed by atoms with Gasteiger partial charge in [-0.25, -0.2) is 4.39 Å². The van der Waals surface area contributed by atoms with Gasteiger partial charge in [0, 0.05) is 30.1 Å². The predicted octanol–water partition coefficient (Wildman–Crippen LogP) is 4.88. The normalized spacial score (nSPS) is 17.4. The number of likely N-dealkylation sites (tertiary alicyclic amines) is 1. The summed E-state index contributed by atoms with van der Waals surface area (Å²) in [5.41, 5.74) is 1.00. The number of rotatable bonds is 7. The Balaban J connectivity index is 1.82. The lowest BCUT2D eigenvalue weighted by atomic mass is 9.94. The summed E-state index contributed by atoms with van der Waals surface area (Å²) < 4.78 is 20.6. The van der Waals surface area contributed by atoms with Crippen molar-refractivity contribution < 1.29 is 23.8 Å². The predicted molar refractivity (Wildman–Crippen MR) is 125 cm³/mol. The fourth-order valence-electron chi connectivity index (χ4n) is 3.90. The van der Waals surface area contributed by atoms with Crippen LogP contribution in [0.5, 0.6) is 5.75 Å². The molecule has 1 saturated heterocycles. The molecule has 1 amide bonds. The maximum atomic E-state index is 14.9. The lowest BCUT2D eigenvalue weighted by molar-refractivity contribution is -0.140. The van der Waals surface area contributed by atoms with Crippen LogP contribution in [0.2, 0.25) is 0 Å². The zero-order valence-corrected chi connectivity index (χ0v) is 18.9. The van der Waals surface area contributed by atoms with Gasteiger partial charge >= 0.3 is 0 Å². The van der Waals surface area contributed by atoms with Crippen molar-refractivity contribution >= 4 is 17.4 Å². The fourth-order valence-corrected chi connectivity index (χ4v) is 3.90. The Kier molecular flexibility index (Phi) is 6.72. The molecular weight excluding hydrogens is 435 g/mol. The third-order valence-corrected chi connectivity index (χ3v) is 5.53. The van der Waals surface area contributed by atoms with E-state index < -0.39 is 23.5 Å². The Bertz CT molecular complexity index is 1240. The third-order valence-electron chi connectivity index (χ3n) is 5.53. The van der Waals surface area contributed by atoms with Crippen LogP contribution >= 0.6 is 0 Å². The number of aromatic nitrogens is 1. The fraction of sp³-hybridized carbons (Fsp3) is 0.222. The van der Waals surface area contributed by atoms with Crippen LogP contribution in [0.4, 0.5) is 4.39 Å². The van der Waals surface area contributed by atoms with Gasteiger partial charge in [-0.2, -0.15) is 0 Å². The van der Waals surface area contributed by atoms with Gasteiger partial charge in [-0.3, -0.25) is 14.6 Å². The number of pyridine rings is 1. The van der Waals surface area contributed by atoms with Crippen molar-refractivity contribution in [3.8, 4) is 5.75 Å². The summed E-state index contributed by atoms with van der Waals surface area (Å²) in [6.45, 7) is 4.57. The number of amides is 1. The van der Waals surface area contributed by atoms with Crippen LogP contribution in [0, 0.1) is 11.7 Å². The van der Waals surface area contributed by atoms with Gasteiger partial charge < -0.3 is 14.7 Å². The number of aliphatic hydroxyl groups is 1. The zero-order valence-electron chi connectivity index (χ0n) is 18.9. The Labute approximate surface area is 197 Å². The maximum Gasteiger partial charge on any atom is 0.295 e. The summed E-state index contributed by atoms with van der Waals surface area (Å²) in [6.07, 6.45) is 3.15. The van der Waals surface area contributed by atoms with E-state index in [1.807, 2.05) is 13.8 Å². The van der Waals surface area contributed by atoms with Crippen LogP contribution in [0.25, 0.3) is 5.76 Å². The van der Waals surface area contributed by atoms with Gasteiger partial charge in [-0.15, -0.1) is 0 Å². The van der Waals surface area contributed by atoms with Crippen molar-refractivity contribution in [1.29, 1.82) is 0 Å². The maximum absolute atomic E-state index is 14.9. The average molecular weight is 461 g/mol. The molecule has 1 aliphatic rings. The highest BCUT2D eigenvalue weighted by Gasteiger charge is 2.46. The van der Waals surface area contributed by atoms with Gasteiger partial charge in [0.05, 0.1) is 18.2 Å². The lowest BCUT2D eigenvalue weighted by Gasteiger charge is -2.25. The van der Waals surface area contributed by atoms with Gasteiger partial charge in [-0.05, 0) is 41.8 Å². The molecule has 7 heteroatoms. The molecule has 1 aliphatic heterocycles. The number of nitrogens with zero attached hydrogens (tertiary/aromatic N) is 2. The van der Waals surface area contributed by atoms with Crippen LogP contribution in [0.1, 0.15) is 36.6 Å². The van der Waals surface area contributed by atoms with E-state index in [9.17, 15) is 19.1 Å². The van der Waals surface area contributed by atoms with Crippen LogP contribution in [0.15, 0.2) is 78.6 Å². The second kappa shape index (κ2) is 9.87. The second-order valence-electron chi connectivity index (χ2n) is 8.54. The summed E-state index contributed by atoms with van der Waals surface area (Å²) in [5.74, 6) is -1.80. The molecule has 0 spiro atoms. The van der Waals surface area contributed by atoms with Gasteiger partial charge in [0.1, 0.15) is 17.3 Å². The minimum absolute atomic E-state index is 0.0560. The van der Waals surface area contributed by atoms with E-state index in [1.165, 1.54) is 23.1 Å². The minimum Gasteiger partial charge on any atom is -0.507 e. The van der Waals surface area contributed by atoms with Crippen molar-refractivity contribution in [3.63, 3.8) is 0 Å². The number of ether oxygens (including phenoxy) is 1. The monoisotopic (exact) mass is 460 g/mol. The molecule has 1 N–H and O–H groups in total. The topological polar surface area (TPSA) is 79.7 Å². The molecule has 3 aromatic rings. The molecule has 0 saturated carbocycles. The molecule has 1 atom stereocenters. The summed E-state index contributed by atoms with van der Waals surface area (Å²) in [6, 6.07) is 14.9. The van der Waals surface area contributed by atoms with Crippen molar-refractivity contribution in [3.05, 3.63) is 101 Å². The highest BCUT2D eigenvalue weighted by molar-refractivity contribution is 6.46. The number of hydrogen-bond donors (Lipinski definition) is 1. The number of carbonyl (C=O) groups is 2. The highest BCUT2D eigenvalue weighted by Crippen LogP contribution is 2.41. The number of ketones is 1. The zero-order chi connectivity index (χ0) is 24.2. The van der Waals surface area contributed by atoms with Gasteiger partial charge in [0.25, 0.3) is 11.7 Å². The minimum atomic E-state index is -1.09. The number of aliphatic hydroxyl groups excluding tert-OH is 1. The summed E-state index contributed by atoms with van der Waals surface area (Å²) in [4.78, 5) is 31.5. The summed E-state index contributed by atoms with van der Waals surface area (Å²) in [5, 5.41) is 11.2. The first kappa shape index (κ1) is 23.2. The van der Waals surface area contributed by atoms with E-state index in [0.29, 0.717) is 23.8 Å². The molecule has 0 radical (unpaired) electrons. The summed E-state index contributed by atoms with van der Waals surface area (Å²) >= 11 is 0. The number of hydrogen-bond acceptors (Lipinski definition) is 5. The molecule has 0 bridgehead atoms. The van der Waals surface area contributed by atoms with Crippen LogP contribution < -0.4 is 4.74 Å². The highest BCUT2D eigenvalue weighted by atomic mass is 19.1. The number of benzene rings is 2. The molecule has 34 heavy (non-hydrogen) atoms. The molecule has 6 nitrogen and oxygen atoms in total. The van der Waals surface area contributed by atoms with E-state index in [-0.39, 0.29) is 23.4 Å². The van der Waals surface area contributed by atoms with Gasteiger partial charge in [0.15, 0.2) is 0 Å². The molecule has 1 aromatic heterocycles. The second-order valence-corrected chi connectivity index (χ2v) is 8.54. The van der Waals surface area contributed by atoms with E-state index in [1.54, 1.807) is 54.9 Å². The van der Waals surface area contributed by atoms with Gasteiger partial charge in [0.2, 0.25) is 0 Å². The molecule has 1 fully saturated rings. The Morgan fingerprint density at radius 2 is 1.82 bits per heavy atom. The third kappa shape index (κ3) is 4.69. The quantitative estimate of drug-likeness (QED) is 0.309. The Hall–Kier alpha value is -4.00. The van der Waals surface area contributed by atoms with Crippen LogP contribution in [0.3, 0.4) is 0 Å². The van der Waals surface area contributed by atoms with E-state index in [4.69, 9.17) is 4.74 Å². The first-order valence-electron chi connectivity index (χ1n) is 11.0. The first-order chi connectivity index (χ1) is 16.4. The van der Waals surface area contributed by atoms with Crippen LogP contribution in [-0.4, -0.2) is 33.3 Å². The molecule has 2 aromatic carbocycles. The Morgan fingerprint density at radius 1 is 1.09 bits per heavy atom. The van der Waals surface area contributed by atoms with Crippen molar-refractivity contribution in [2.45, 2.75) is 26.4 Å². The SMILES string of the molecule is CC(C)COc1cccc(/C(O)=C2/C(=O)C(=O)N(Cc3ccncc3)C2c2ccccc2F)c1. The number of Topliss-reactive ketones (excluding diaryl/α,β-unsaturated/α-hetero) is 1. The van der Waals surface area contributed by atoms with Gasteiger partial charge in [-0.1, -0.05) is 44.2 Å². The molecule has 2 heterocycles. The average Bonchev–Trinajstić information content (AvgIpc) is 3.08. The van der Waals surface area contributed by atoms with E-state index in [0.717, 1.165) is 5.56 Å². The molecule has 4 rings (SSSR count). The summed E-state index contributed by atoms with van der Waals surface area (Å²) in [7, 11) is 0. The largest absolute Gasteiger partial charge is 0.507 e. The molecule has 174 valence electrons.